The van der Waals surface area contributed by atoms with Gasteiger partial charge >= 0.3 is 5.97 Å². The monoisotopic (exact) mass is 315 g/mol. The lowest BCUT2D eigenvalue weighted by atomic mass is 9.99. The van der Waals surface area contributed by atoms with Crippen molar-refractivity contribution in [2.45, 2.75) is 18.9 Å². The minimum atomic E-state index is -1.02. The molecule has 0 saturated carbocycles. The Morgan fingerprint density at radius 2 is 1.95 bits per heavy atom. The summed E-state index contributed by atoms with van der Waals surface area (Å²) in [6.07, 6.45) is -0.243. The van der Waals surface area contributed by atoms with E-state index in [0.29, 0.717) is 10.8 Å². The number of carbonyl (C=O) groups excluding carboxylic acids is 1. The molecule has 0 spiro atoms. The van der Waals surface area contributed by atoms with Crippen molar-refractivity contribution in [2.24, 2.45) is 0 Å². The number of nitrogens with one attached hydrogen (secondary N) is 1. The third kappa shape index (κ3) is 6.46. The van der Waals surface area contributed by atoms with E-state index in [1.54, 1.807) is 31.2 Å². The topological polar surface area (TPSA) is 84.9 Å². The molecule has 0 fully saturated rings. The van der Waals surface area contributed by atoms with Crippen molar-refractivity contribution in [2.75, 3.05) is 20.3 Å². The minimum Gasteiger partial charge on any atom is -0.484 e. The van der Waals surface area contributed by atoms with Gasteiger partial charge in [0.05, 0.1) is 18.6 Å². The maximum atomic E-state index is 11.8. The normalized spacial score (nSPS) is 13.3. The summed E-state index contributed by atoms with van der Waals surface area (Å²) < 4.78 is 10.2. The lowest BCUT2D eigenvalue weighted by Gasteiger charge is -2.28. The van der Waals surface area contributed by atoms with Crippen molar-refractivity contribution in [3.05, 3.63) is 29.3 Å². The van der Waals surface area contributed by atoms with Crippen LogP contribution in [0.3, 0.4) is 0 Å². The van der Waals surface area contributed by atoms with E-state index in [1.165, 1.54) is 7.11 Å². The molecule has 1 amide bonds. The fourth-order valence-electron chi connectivity index (χ4n) is 1.84. The second kappa shape index (κ2) is 7.85. The summed E-state index contributed by atoms with van der Waals surface area (Å²) in [6.45, 7) is 1.47. The van der Waals surface area contributed by atoms with Crippen LogP contribution in [-0.4, -0.2) is 42.8 Å². The third-order valence-electron chi connectivity index (χ3n) is 2.63. The number of aliphatic carboxylic acids is 1. The summed E-state index contributed by atoms with van der Waals surface area (Å²) in [5.41, 5.74) is -0.985. The number of amides is 1. The molecule has 7 heteroatoms. The number of methoxy groups -OCH3 is 1. The number of carbonyl (C=O) groups is 2. The molecule has 0 radical (unpaired) electrons. The highest BCUT2D eigenvalue weighted by Gasteiger charge is 2.29. The van der Waals surface area contributed by atoms with Crippen LogP contribution in [-0.2, 0) is 14.3 Å². The van der Waals surface area contributed by atoms with Crippen molar-refractivity contribution in [3.63, 3.8) is 0 Å². The van der Waals surface area contributed by atoms with E-state index in [1.807, 2.05) is 0 Å². The van der Waals surface area contributed by atoms with Crippen LogP contribution in [0.25, 0.3) is 0 Å². The van der Waals surface area contributed by atoms with Crippen molar-refractivity contribution in [1.29, 1.82) is 0 Å². The first-order valence-electron chi connectivity index (χ1n) is 6.25. The average molecular weight is 316 g/mol. The summed E-state index contributed by atoms with van der Waals surface area (Å²) in [4.78, 5) is 22.7. The van der Waals surface area contributed by atoms with Gasteiger partial charge in [-0.2, -0.15) is 0 Å². The SMILES string of the molecule is COCC(C)(CC(=O)O)NC(=O)COc1ccc(Cl)cc1. The first-order valence-corrected chi connectivity index (χ1v) is 6.62. The molecule has 0 aliphatic carbocycles. The zero-order chi connectivity index (χ0) is 15.9. The van der Waals surface area contributed by atoms with Gasteiger partial charge in [-0.05, 0) is 31.2 Å². The van der Waals surface area contributed by atoms with Crippen LogP contribution < -0.4 is 10.1 Å². The molecule has 6 nitrogen and oxygen atoms in total. The molecule has 0 heterocycles. The quantitative estimate of drug-likeness (QED) is 0.763. The highest BCUT2D eigenvalue weighted by atomic mass is 35.5. The van der Waals surface area contributed by atoms with E-state index in [2.05, 4.69) is 5.32 Å². The van der Waals surface area contributed by atoms with Gasteiger partial charge in [-0.15, -0.1) is 0 Å². The predicted octanol–water partition coefficient (Wildman–Crippen LogP) is 1.71. The highest BCUT2D eigenvalue weighted by Crippen LogP contribution is 2.15. The lowest BCUT2D eigenvalue weighted by Crippen LogP contribution is -2.52. The smallest absolute Gasteiger partial charge is 0.305 e. The van der Waals surface area contributed by atoms with E-state index < -0.39 is 17.4 Å². The Morgan fingerprint density at radius 3 is 2.48 bits per heavy atom. The second-order valence-electron chi connectivity index (χ2n) is 4.85. The third-order valence-corrected chi connectivity index (χ3v) is 2.88. The summed E-state index contributed by atoms with van der Waals surface area (Å²) in [7, 11) is 1.44. The minimum absolute atomic E-state index is 0.0893. The van der Waals surface area contributed by atoms with Crippen LogP contribution in [0.4, 0.5) is 0 Å². The number of hydrogen-bond acceptors (Lipinski definition) is 4. The zero-order valence-corrected chi connectivity index (χ0v) is 12.6. The van der Waals surface area contributed by atoms with Gasteiger partial charge in [-0.25, -0.2) is 0 Å². The number of rotatable bonds is 8. The lowest BCUT2D eigenvalue weighted by molar-refractivity contribution is -0.139. The Morgan fingerprint density at radius 1 is 1.33 bits per heavy atom. The van der Waals surface area contributed by atoms with Gasteiger partial charge in [0, 0.05) is 12.1 Å². The predicted molar refractivity (Wildman–Crippen MR) is 77.6 cm³/mol. The largest absolute Gasteiger partial charge is 0.484 e. The Bertz CT molecular complexity index is 491. The molecule has 0 saturated heterocycles. The molecular weight excluding hydrogens is 298 g/mol. The zero-order valence-electron chi connectivity index (χ0n) is 11.9. The van der Waals surface area contributed by atoms with Gasteiger partial charge in [0.25, 0.3) is 5.91 Å². The molecular formula is C14H18ClNO5. The molecule has 0 bridgehead atoms. The number of carboxylic acid groups (broad SMARTS) is 1. The van der Waals surface area contributed by atoms with Gasteiger partial charge < -0.3 is 19.9 Å². The van der Waals surface area contributed by atoms with Gasteiger partial charge in [0.1, 0.15) is 5.75 Å². The first-order chi connectivity index (χ1) is 9.84. The Balaban J connectivity index is 2.53. The first kappa shape index (κ1) is 17.3. The van der Waals surface area contributed by atoms with Crippen LogP contribution >= 0.6 is 11.6 Å². The van der Waals surface area contributed by atoms with E-state index in [0.717, 1.165) is 0 Å². The van der Waals surface area contributed by atoms with E-state index in [-0.39, 0.29) is 19.6 Å². The molecule has 0 aliphatic rings. The Kier molecular flexibility index (Phi) is 6.45. The number of benzene rings is 1. The van der Waals surface area contributed by atoms with Crippen LogP contribution in [0, 0.1) is 0 Å². The highest BCUT2D eigenvalue weighted by molar-refractivity contribution is 6.30. The average Bonchev–Trinajstić information content (AvgIpc) is 2.37. The van der Waals surface area contributed by atoms with Crippen LogP contribution in [0.1, 0.15) is 13.3 Å². The van der Waals surface area contributed by atoms with E-state index in [9.17, 15) is 9.59 Å². The van der Waals surface area contributed by atoms with Crippen LogP contribution in [0.5, 0.6) is 5.75 Å². The number of halogens is 1. The molecule has 116 valence electrons. The standard InChI is InChI=1S/C14H18ClNO5/c1-14(9-20-2,7-13(18)19)16-12(17)8-21-11-5-3-10(15)4-6-11/h3-6H,7-9H2,1-2H3,(H,16,17)(H,18,19). The van der Waals surface area contributed by atoms with Crippen molar-refractivity contribution >= 4 is 23.5 Å². The molecule has 1 aromatic rings. The summed E-state index contributed by atoms with van der Waals surface area (Å²) in [6, 6.07) is 6.57. The molecule has 1 aromatic carbocycles. The fraction of sp³-hybridized carbons (Fsp3) is 0.429. The molecule has 1 unspecified atom stereocenters. The molecule has 1 rings (SSSR count). The molecule has 2 N–H and O–H groups in total. The number of ether oxygens (including phenoxy) is 2. The second-order valence-corrected chi connectivity index (χ2v) is 5.29. The molecule has 21 heavy (non-hydrogen) atoms. The van der Waals surface area contributed by atoms with Gasteiger partial charge in [-0.1, -0.05) is 11.6 Å². The van der Waals surface area contributed by atoms with E-state index >= 15 is 0 Å². The van der Waals surface area contributed by atoms with Crippen LogP contribution in [0.2, 0.25) is 5.02 Å². The van der Waals surface area contributed by atoms with Crippen molar-refractivity contribution < 1.29 is 24.2 Å². The molecule has 0 aliphatic heterocycles. The van der Waals surface area contributed by atoms with Gasteiger partial charge in [-0.3, -0.25) is 9.59 Å². The Labute approximate surface area is 128 Å². The molecule has 0 aromatic heterocycles. The molecule has 1 atom stereocenters. The van der Waals surface area contributed by atoms with Crippen molar-refractivity contribution in [3.8, 4) is 5.75 Å². The van der Waals surface area contributed by atoms with E-state index in [4.69, 9.17) is 26.2 Å². The number of carboxylic acids is 1. The number of hydrogen-bond donors (Lipinski definition) is 2. The summed E-state index contributed by atoms with van der Waals surface area (Å²) in [5.74, 6) is -0.944. The van der Waals surface area contributed by atoms with Gasteiger partial charge in [0.2, 0.25) is 0 Å². The fourth-order valence-corrected chi connectivity index (χ4v) is 1.96. The Hall–Kier alpha value is -1.79. The maximum Gasteiger partial charge on any atom is 0.305 e. The maximum absolute atomic E-state index is 11.8. The van der Waals surface area contributed by atoms with Gasteiger partial charge in [0.15, 0.2) is 6.61 Å². The summed E-state index contributed by atoms with van der Waals surface area (Å²) in [5, 5.41) is 12.1. The summed E-state index contributed by atoms with van der Waals surface area (Å²) >= 11 is 5.74. The van der Waals surface area contributed by atoms with Crippen molar-refractivity contribution in [1.82, 2.24) is 5.32 Å². The van der Waals surface area contributed by atoms with Crippen LogP contribution in [0.15, 0.2) is 24.3 Å².